The van der Waals surface area contributed by atoms with Crippen molar-refractivity contribution in [1.82, 2.24) is 4.90 Å². The minimum Gasteiger partial charge on any atom is -0.329 e. The quantitative estimate of drug-likeness (QED) is 0.792. The lowest BCUT2D eigenvalue weighted by Crippen LogP contribution is -2.59. The van der Waals surface area contributed by atoms with Gasteiger partial charge in [-0.15, -0.1) is 0 Å². The van der Waals surface area contributed by atoms with Crippen LogP contribution in [0, 0.1) is 23.7 Å². The first-order chi connectivity index (χ1) is 9.97. The van der Waals surface area contributed by atoms with Crippen LogP contribution in [-0.2, 0) is 0 Å². The van der Waals surface area contributed by atoms with Gasteiger partial charge in [-0.1, -0.05) is 47.0 Å². The van der Waals surface area contributed by atoms with Gasteiger partial charge in [0.05, 0.1) is 0 Å². The lowest BCUT2D eigenvalue weighted by molar-refractivity contribution is -0.0136. The Morgan fingerprint density at radius 2 is 1.52 bits per heavy atom. The average Bonchev–Trinajstić information content (AvgIpc) is 2.45. The van der Waals surface area contributed by atoms with E-state index in [1.54, 1.807) is 0 Å². The van der Waals surface area contributed by atoms with E-state index in [9.17, 15) is 0 Å². The van der Waals surface area contributed by atoms with Crippen LogP contribution in [0.15, 0.2) is 0 Å². The fraction of sp³-hybridized carbons (Fsp3) is 1.00. The van der Waals surface area contributed by atoms with Crippen molar-refractivity contribution in [3.05, 3.63) is 0 Å². The van der Waals surface area contributed by atoms with Gasteiger partial charge < -0.3 is 5.73 Å². The van der Waals surface area contributed by atoms with Gasteiger partial charge in [-0.05, 0) is 55.9 Å². The predicted molar refractivity (Wildman–Crippen MR) is 92.3 cm³/mol. The van der Waals surface area contributed by atoms with Crippen LogP contribution in [0.4, 0.5) is 0 Å². The van der Waals surface area contributed by atoms with Gasteiger partial charge in [0.2, 0.25) is 0 Å². The van der Waals surface area contributed by atoms with Gasteiger partial charge in [0.25, 0.3) is 0 Å². The monoisotopic (exact) mass is 294 g/mol. The Bertz CT molecular complexity index is 301. The van der Waals surface area contributed by atoms with E-state index in [0.29, 0.717) is 0 Å². The van der Waals surface area contributed by atoms with Crippen molar-refractivity contribution >= 4 is 0 Å². The molecule has 124 valence electrons. The second-order valence-electron chi connectivity index (χ2n) is 8.66. The second-order valence-corrected chi connectivity index (χ2v) is 8.66. The highest BCUT2D eigenvalue weighted by Crippen LogP contribution is 2.40. The van der Waals surface area contributed by atoms with E-state index in [0.717, 1.165) is 30.2 Å². The number of fused-ring (bicyclic) bond motifs is 1. The zero-order valence-electron chi connectivity index (χ0n) is 14.9. The van der Waals surface area contributed by atoms with Gasteiger partial charge in [0.15, 0.2) is 0 Å². The predicted octanol–water partition coefficient (Wildman–Crippen LogP) is 4.29. The van der Waals surface area contributed by atoms with Crippen molar-refractivity contribution in [3.8, 4) is 0 Å². The number of nitrogens with zero attached hydrogens (tertiary/aromatic N) is 1. The number of hydrogen-bond acceptors (Lipinski definition) is 2. The molecule has 0 amide bonds. The van der Waals surface area contributed by atoms with Crippen LogP contribution in [0.1, 0.15) is 72.6 Å². The maximum absolute atomic E-state index is 6.36. The number of rotatable bonds is 6. The first kappa shape index (κ1) is 17.3. The number of hydrogen-bond donors (Lipinski definition) is 1. The number of piperidine rings is 1. The molecule has 2 atom stereocenters. The summed E-state index contributed by atoms with van der Waals surface area (Å²) in [6, 6.07) is 0. The number of nitrogens with two attached hydrogens (primary N) is 1. The van der Waals surface area contributed by atoms with E-state index in [1.165, 1.54) is 58.0 Å². The summed E-state index contributed by atoms with van der Waals surface area (Å²) >= 11 is 0. The molecule has 0 aromatic carbocycles. The topological polar surface area (TPSA) is 29.3 Å². The normalized spacial score (nSPS) is 28.1. The standard InChI is InChI=1S/C19H38N2/c1-15(2)11-19(14-20,12-16(3)4)21-10-9-17-7-5-6-8-18(17)13-21/h15-18H,5-14,20H2,1-4H3. The molecule has 2 N–H and O–H groups in total. The van der Waals surface area contributed by atoms with Gasteiger partial charge >= 0.3 is 0 Å². The minimum atomic E-state index is 0.255. The molecule has 2 nitrogen and oxygen atoms in total. The molecule has 2 fully saturated rings. The van der Waals surface area contributed by atoms with E-state index in [1.807, 2.05) is 0 Å². The molecule has 0 bridgehead atoms. The van der Waals surface area contributed by atoms with Gasteiger partial charge in [0.1, 0.15) is 0 Å². The molecule has 1 heterocycles. The highest BCUT2D eigenvalue weighted by molar-refractivity contribution is 4.97. The SMILES string of the molecule is CC(C)CC(CN)(CC(C)C)N1CCC2CCCCC2C1. The van der Waals surface area contributed by atoms with E-state index in [2.05, 4.69) is 32.6 Å². The van der Waals surface area contributed by atoms with Crippen molar-refractivity contribution in [1.29, 1.82) is 0 Å². The van der Waals surface area contributed by atoms with Crippen LogP contribution < -0.4 is 5.73 Å². The molecule has 1 aliphatic heterocycles. The van der Waals surface area contributed by atoms with E-state index < -0.39 is 0 Å². The Balaban J connectivity index is 2.11. The third-order valence-electron chi connectivity index (χ3n) is 5.92. The summed E-state index contributed by atoms with van der Waals surface area (Å²) in [5, 5.41) is 0. The van der Waals surface area contributed by atoms with E-state index in [4.69, 9.17) is 5.73 Å². The molecule has 1 saturated carbocycles. The van der Waals surface area contributed by atoms with Crippen LogP contribution in [-0.4, -0.2) is 30.1 Å². The summed E-state index contributed by atoms with van der Waals surface area (Å²) in [6.07, 6.45) is 9.83. The van der Waals surface area contributed by atoms with Crippen LogP contribution >= 0.6 is 0 Å². The Kier molecular flexibility index (Phi) is 6.14. The molecule has 21 heavy (non-hydrogen) atoms. The number of likely N-dealkylation sites (tertiary alicyclic amines) is 1. The van der Waals surface area contributed by atoms with Crippen molar-refractivity contribution in [2.24, 2.45) is 29.4 Å². The van der Waals surface area contributed by atoms with Crippen molar-refractivity contribution in [2.75, 3.05) is 19.6 Å². The summed E-state index contributed by atoms with van der Waals surface area (Å²) in [4.78, 5) is 2.82. The van der Waals surface area contributed by atoms with Crippen LogP contribution in [0.5, 0.6) is 0 Å². The maximum Gasteiger partial charge on any atom is 0.0336 e. The van der Waals surface area contributed by atoms with Crippen LogP contribution in [0.2, 0.25) is 0 Å². The molecule has 2 unspecified atom stereocenters. The maximum atomic E-state index is 6.36. The minimum absolute atomic E-state index is 0.255. The van der Waals surface area contributed by atoms with Crippen molar-refractivity contribution < 1.29 is 0 Å². The molecule has 2 rings (SSSR count). The first-order valence-electron chi connectivity index (χ1n) is 9.42. The van der Waals surface area contributed by atoms with Gasteiger partial charge in [-0.25, -0.2) is 0 Å². The van der Waals surface area contributed by atoms with E-state index in [-0.39, 0.29) is 5.54 Å². The van der Waals surface area contributed by atoms with Crippen LogP contribution in [0.3, 0.4) is 0 Å². The fourth-order valence-corrected chi connectivity index (χ4v) is 5.19. The van der Waals surface area contributed by atoms with Gasteiger partial charge in [0, 0.05) is 18.6 Å². The zero-order valence-corrected chi connectivity index (χ0v) is 14.9. The Labute approximate surface area is 132 Å². The summed E-state index contributed by atoms with van der Waals surface area (Å²) in [5.74, 6) is 3.44. The first-order valence-corrected chi connectivity index (χ1v) is 9.42. The Morgan fingerprint density at radius 3 is 2.05 bits per heavy atom. The van der Waals surface area contributed by atoms with Crippen LogP contribution in [0.25, 0.3) is 0 Å². The van der Waals surface area contributed by atoms with Gasteiger partial charge in [-0.3, -0.25) is 4.90 Å². The molecule has 2 aliphatic rings. The lowest BCUT2D eigenvalue weighted by Gasteiger charge is -2.52. The highest BCUT2D eigenvalue weighted by Gasteiger charge is 2.41. The summed E-state index contributed by atoms with van der Waals surface area (Å²) in [7, 11) is 0. The molecule has 1 aliphatic carbocycles. The molecular formula is C19H38N2. The molecule has 0 aromatic heterocycles. The second kappa shape index (κ2) is 7.46. The van der Waals surface area contributed by atoms with E-state index >= 15 is 0 Å². The third-order valence-corrected chi connectivity index (χ3v) is 5.92. The highest BCUT2D eigenvalue weighted by atomic mass is 15.2. The molecule has 0 aromatic rings. The molecule has 0 radical (unpaired) electrons. The smallest absolute Gasteiger partial charge is 0.0336 e. The fourth-order valence-electron chi connectivity index (χ4n) is 5.19. The van der Waals surface area contributed by atoms with Crippen molar-refractivity contribution in [2.45, 2.75) is 78.2 Å². The van der Waals surface area contributed by atoms with Crippen molar-refractivity contribution in [3.63, 3.8) is 0 Å². The zero-order chi connectivity index (χ0) is 15.5. The summed E-state index contributed by atoms with van der Waals surface area (Å²) < 4.78 is 0. The Hall–Kier alpha value is -0.0800. The summed E-state index contributed by atoms with van der Waals surface area (Å²) in [6.45, 7) is 12.9. The Morgan fingerprint density at radius 1 is 0.952 bits per heavy atom. The molecule has 2 heteroatoms. The van der Waals surface area contributed by atoms with Gasteiger partial charge in [-0.2, -0.15) is 0 Å². The largest absolute Gasteiger partial charge is 0.329 e. The lowest BCUT2D eigenvalue weighted by atomic mass is 9.72. The molecule has 1 saturated heterocycles. The molecule has 0 spiro atoms. The summed E-state index contributed by atoms with van der Waals surface area (Å²) in [5.41, 5.74) is 6.62. The average molecular weight is 295 g/mol. The third kappa shape index (κ3) is 4.22. The molecular weight excluding hydrogens is 256 g/mol.